The summed E-state index contributed by atoms with van der Waals surface area (Å²) in [4.78, 5) is 11.3. The van der Waals surface area contributed by atoms with Gasteiger partial charge in [0.1, 0.15) is 12.4 Å². The molecule has 3 rings (SSSR count). The maximum atomic E-state index is 10.4. The highest BCUT2D eigenvalue weighted by Crippen LogP contribution is 2.38. The Kier molecular flexibility index (Phi) is 6.33. The molecule has 4 N–H and O–H groups in total. The van der Waals surface area contributed by atoms with Gasteiger partial charge in [-0.15, -0.1) is 0 Å². The predicted molar refractivity (Wildman–Crippen MR) is 96.2 cm³/mol. The number of hydrogen-bond acceptors (Lipinski definition) is 6. The first-order valence-corrected chi connectivity index (χ1v) is 11.5. The van der Waals surface area contributed by atoms with Gasteiger partial charge in [-0.1, -0.05) is 20.8 Å². The van der Waals surface area contributed by atoms with Gasteiger partial charge in [-0.2, -0.15) is 9.55 Å². The van der Waals surface area contributed by atoms with Gasteiger partial charge >= 0.3 is 0 Å². The molecule has 0 unspecified atom stereocenters. The molecule has 2 aromatic heterocycles. The zero-order chi connectivity index (χ0) is 18.4. The van der Waals surface area contributed by atoms with Crippen molar-refractivity contribution in [3.63, 3.8) is 0 Å². The SMILES string of the molecule is CC(C)(C)[Si](C)(C)OC[C@H]1O[C@@H](n2c[nH+]c3c(N)ncnc32)C[C@@H]1O.[I-]. The average Bonchev–Trinajstić information content (AvgIpc) is 3.08. The number of halogens is 1. The molecule has 10 heteroatoms. The van der Waals surface area contributed by atoms with E-state index in [0.29, 0.717) is 30.0 Å². The zero-order valence-corrected chi connectivity index (χ0v) is 19.0. The summed E-state index contributed by atoms with van der Waals surface area (Å²) in [6.45, 7) is 11.4. The summed E-state index contributed by atoms with van der Waals surface area (Å²) in [7, 11) is -1.88. The molecule has 2 aromatic rings. The van der Waals surface area contributed by atoms with Crippen molar-refractivity contribution in [2.24, 2.45) is 0 Å². The number of rotatable bonds is 4. The highest BCUT2D eigenvalue weighted by molar-refractivity contribution is 6.74. The molecule has 1 fully saturated rings. The number of ether oxygens (including phenoxy) is 1. The van der Waals surface area contributed by atoms with E-state index in [4.69, 9.17) is 14.9 Å². The van der Waals surface area contributed by atoms with Crippen molar-refractivity contribution in [2.75, 3.05) is 12.3 Å². The Morgan fingerprint density at radius 3 is 2.77 bits per heavy atom. The number of nitrogen functional groups attached to an aromatic ring is 1. The predicted octanol–water partition coefficient (Wildman–Crippen LogP) is -1.50. The van der Waals surface area contributed by atoms with Crippen LogP contribution in [0.5, 0.6) is 0 Å². The number of nitrogens with two attached hydrogens (primary N) is 1. The van der Waals surface area contributed by atoms with E-state index in [1.807, 2.05) is 4.57 Å². The Bertz CT molecular complexity index is 764. The molecule has 3 heterocycles. The lowest BCUT2D eigenvalue weighted by Gasteiger charge is -2.37. The molecule has 1 saturated heterocycles. The molecule has 1 aliphatic heterocycles. The molecule has 0 amide bonds. The van der Waals surface area contributed by atoms with Gasteiger partial charge in [0.15, 0.2) is 14.1 Å². The van der Waals surface area contributed by atoms with Gasteiger partial charge in [0, 0.05) is 6.42 Å². The average molecular weight is 493 g/mol. The highest BCUT2D eigenvalue weighted by atomic mass is 127. The van der Waals surface area contributed by atoms with Gasteiger partial charge in [0.25, 0.3) is 5.65 Å². The first-order chi connectivity index (χ1) is 11.6. The van der Waals surface area contributed by atoms with E-state index in [2.05, 4.69) is 48.8 Å². The van der Waals surface area contributed by atoms with Gasteiger partial charge in [-0.25, -0.2) is 9.97 Å². The molecule has 26 heavy (non-hydrogen) atoms. The molecule has 0 aliphatic carbocycles. The van der Waals surface area contributed by atoms with Gasteiger partial charge in [0.05, 0.1) is 12.7 Å². The van der Waals surface area contributed by atoms with E-state index in [9.17, 15) is 5.11 Å². The molecule has 3 atom stereocenters. The monoisotopic (exact) mass is 493 g/mol. The minimum atomic E-state index is -1.88. The number of nitrogens with one attached hydrogen (secondary N) is 1. The van der Waals surface area contributed by atoms with Crippen molar-refractivity contribution in [1.82, 2.24) is 14.5 Å². The van der Waals surface area contributed by atoms with Crippen molar-refractivity contribution in [3.05, 3.63) is 12.7 Å². The molecular formula is C16H28IN5O3Si. The van der Waals surface area contributed by atoms with Crippen LogP contribution < -0.4 is 34.7 Å². The Morgan fingerprint density at radius 1 is 1.42 bits per heavy atom. The van der Waals surface area contributed by atoms with E-state index in [1.165, 1.54) is 6.33 Å². The van der Waals surface area contributed by atoms with Crippen LogP contribution in [0.3, 0.4) is 0 Å². The van der Waals surface area contributed by atoms with Crippen molar-refractivity contribution in [3.8, 4) is 0 Å². The van der Waals surface area contributed by atoms with Crippen LogP contribution in [0.2, 0.25) is 18.1 Å². The van der Waals surface area contributed by atoms with Crippen LogP contribution in [0.25, 0.3) is 11.2 Å². The molecular weight excluding hydrogens is 465 g/mol. The van der Waals surface area contributed by atoms with Gasteiger partial charge in [-0.3, -0.25) is 0 Å². The number of anilines is 1. The minimum Gasteiger partial charge on any atom is -1.00 e. The summed E-state index contributed by atoms with van der Waals surface area (Å²) in [5.74, 6) is 0.389. The van der Waals surface area contributed by atoms with E-state index in [1.54, 1.807) is 6.33 Å². The maximum absolute atomic E-state index is 10.4. The lowest BCUT2D eigenvalue weighted by molar-refractivity contribution is -0.347. The summed E-state index contributed by atoms with van der Waals surface area (Å²) in [5, 5.41) is 10.5. The van der Waals surface area contributed by atoms with Crippen LogP contribution in [-0.4, -0.2) is 46.8 Å². The standard InChI is InChI=1S/C16H27N5O3Si.HI/c1-16(2,3)25(4,5)23-7-11-10(22)6-12(24-11)21-9-20-13-14(17)18-8-19-15(13)21;/h8-12,22H,6-7H2,1-5H3,(H2,17,18,19);1H/t10-,11+,12+;/m0./s1. The minimum absolute atomic E-state index is 0. The van der Waals surface area contributed by atoms with E-state index in [0.717, 1.165) is 0 Å². The fraction of sp³-hybridized carbons (Fsp3) is 0.688. The van der Waals surface area contributed by atoms with Crippen LogP contribution in [0, 0.1) is 0 Å². The number of H-pyrrole nitrogens is 1. The Hall–Kier alpha value is -0.823. The maximum Gasteiger partial charge on any atom is 0.275 e. The fourth-order valence-corrected chi connectivity index (χ4v) is 3.70. The number of nitrogens with zero attached hydrogens (tertiary/aromatic N) is 3. The van der Waals surface area contributed by atoms with Crippen LogP contribution in [0.15, 0.2) is 12.7 Å². The van der Waals surface area contributed by atoms with E-state index < -0.39 is 14.4 Å². The number of hydrogen-bond donors (Lipinski definition) is 2. The number of aliphatic hydroxyl groups is 1. The Morgan fingerprint density at radius 2 is 2.12 bits per heavy atom. The molecule has 1 aliphatic rings. The van der Waals surface area contributed by atoms with Crippen LogP contribution >= 0.6 is 0 Å². The van der Waals surface area contributed by atoms with E-state index in [-0.39, 0.29) is 41.3 Å². The lowest BCUT2D eigenvalue weighted by Crippen LogP contribution is -3.00. The number of aromatic nitrogens is 4. The molecule has 0 aromatic carbocycles. The van der Waals surface area contributed by atoms with Crippen LogP contribution in [0.4, 0.5) is 5.82 Å². The molecule has 0 radical (unpaired) electrons. The van der Waals surface area contributed by atoms with Crippen molar-refractivity contribution < 1.29 is 43.2 Å². The van der Waals surface area contributed by atoms with Crippen LogP contribution in [-0.2, 0) is 9.16 Å². The molecule has 0 spiro atoms. The molecule has 8 nitrogen and oxygen atoms in total. The summed E-state index contributed by atoms with van der Waals surface area (Å²) in [5.41, 5.74) is 7.19. The van der Waals surface area contributed by atoms with E-state index >= 15 is 0 Å². The third kappa shape index (κ3) is 4.03. The van der Waals surface area contributed by atoms with Crippen molar-refractivity contribution >= 4 is 25.3 Å². The number of aliphatic hydroxyl groups excluding tert-OH is 1. The number of imidazole rings is 1. The summed E-state index contributed by atoms with van der Waals surface area (Å²) in [6, 6.07) is 0. The lowest BCUT2D eigenvalue weighted by atomic mass is 10.2. The van der Waals surface area contributed by atoms with Crippen molar-refractivity contribution in [1.29, 1.82) is 0 Å². The first kappa shape index (κ1) is 21.5. The normalized spacial score (nSPS) is 24.0. The Balaban J connectivity index is 0.00000243. The topological polar surface area (TPSA) is 110 Å². The van der Waals surface area contributed by atoms with Gasteiger partial charge in [-0.05, 0) is 18.1 Å². The zero-order valence-electron chi connectivity index (χ0n) is 15.9. The summed E-state index contributed by atoms with van der Waals surface area (Å²) in [6.07, 6.45) is 2.41. The largest absolute Gasteiger partial charge is 1.00 e. The molecule has 146 valence electrons. The van der Waals surface area contributed by atoms with Crippen molar-refractivity contribution in [2.45, 2.75) is 63.8 Å². The molecule has 0 bridgehead atoms. The second kappa shape index (κ2) is 7.66. The second-order valence-corrected chi connectivity index (χ2v) is 13.0. The first-order valence-electron chi connectivity index (χ1n) is 8.56. The second-order valence-electron chi connectivity index (χ2n) is 8.14. The third-order valence-electron chi connectivity index (χ3n) is 5.38. The van der Waals surface area contributed by atoms with Gasteiger partial charge in [0.2, 0.25) is 18.1 Å². The Labute approximate surface area is 171 Å². The third-order valence-corrected chi connectivity index (χ3v) is 9.88. The summed E-state index contributed by atoms with van der Waals surface area (Å²) >= 11 is 0. The van der Waals surface area contributed by atoms with Crippen LogP contribution in [0.1, 0.15) is 33.4 Å². The number of fused-ring (bicyclic) bond motifs is 1. The quantitative estimate of drug-likeness (QED) is 0.397. The smallest absolute Gasteiger partial charge is 0.275 e. The van der Waals surface area contributed by atoms with Gasteiger partial charge < -0.3 is 44.0 Å². The number of aromatic amines is 1. The molecule has 0 saturated carbocycles. The fourth-order valence-electron chi connectivity index (χ4n) is 2.68. The highest BCUT2D eigenvalue weighted by Gasteiger charge is 2.42. The summed E-state index contributed by atoms with van der Waals surface area (Å²) < 4.78 is 14.1.